The molecule has 2 aromatic rings. The topological polar surface area (TPSA) is 71.5 Å². The van der Waals surface area contributed by atoms with Crippen molar-refractivity contribution in [3.05, 3.63) is 42.2 Å². The molecule has 4 rings (SSSR count). The van der Waals surface area contributed by atoms with E-state index in [9.17, 15) is 9.59 Å². The number of fused-ring (bicyclic) bond motifs is 2. The molecular weight excluding hydrogens is 330 g/mol. The van der Waals surface area contributed by atoms with Crippen molar-refractivity contribution < 1.29 is 14.3 Å². The second-order valence-electron chi connectivity index (χ2n) is 6.89. The monoisotopic (exact) mass is 353 g/mol. The molecule has 0 spiro atoms. The lowest BCUT2D eigenvalue weighted by Crippen LogP contribution is -2.49. The summed E-state index contributed by atoms with van der Waals surface area (Å²) in [5, 5.41) is 4.77. The minimum absolute atomic E-state index is 0.0293. The van der Waals surface area contributed by atoms with Crippen molar-refractivity contribution in [2.75, 3.05) is 26.3 Å². The van der Waals surface area contributed by atoms with Gasteiger partial charge in [0.15, 0.2) is 0 Å². The molecule has 1 saturated heterocycles. The van der Waals surface area contributed by atoms with Gasteiger partial charge in [-0.1, -0.05) is 30.7 Å². The van der Waals surface area contributed by atoms with Crippen molar-refractivity contribution in [2.24, 2.45) is 5.92 Å². The molecule has 0 unspecified atom stereocenters. The van der Waals surface area contributed by atoms with E-state index in [2.05, 4.69) is 10.3 Å². The zero-order valence-corrected chi connectivity index (χ0v) is 14.7. The van der Waals surface area contributed by atoms with E-state index in [1.165, 1.54) is 0 Å². The Morgan fingerprint density at radius 1 is 1.19 bits per heavy atom. The van der Waals surface area contributed by atoms with Crippen molar-refractivity contribution in [3.8, 4) is 0 Å². The van der Waals surface area contributed by atoms with Crippen LogP contribution in [0, 0.1) is 5.92 Å². The van der Waals surface area contributed by atoms with Crippen LogP contribution in [0.3, 0.4) is 0 Å². The Hall–Kier alpha value is -2.47. The van der Waals surface area contributed by atoms with Gasteiger partial charge in [0.1, 0.15) is 5.69 Å². The predicted molar refractivity (Wildman–Crippen MR) is 97.7 cm³/mol. The Morgan fingerprint density at radius 3 is 3.00 bits per heavy atom. The fourth-order valence-electron chi connectivity index (χ4n) is 4.11. The zero-order chi connectivity index (χ0) is 17.9. The summed E-state index contributed by atoms with van der Waals surface area (Å²) < 4.78 is 5.58. The molecule has 2 fully saturated rings. The van der Waals surface area contributed by atoms with Gasteiger partial charge in [0.2, 0.25) is 5.91 Å². The van der Waals surface area contributed by atoms with Gasteiger partial charge >= 0.3 is 0 Å². The molecule has 6 heteroatoms. The highest BCUT2D eigenvalue weighted by Crippen LogP contribution is 2.32. The first kappa shape index (κ1) is 17.0. The van der Waals surface area contributed by atoms with Gasteiger partial charge in [0.25, 0.3) is 5.91 Å². The normalized spacial score (nSPS) is 24.2. The fourth-order valence-corrected chi connectivity index (χ4v) is 4.11. The molecule has 1 N–H and O–H groups in total. The number of carbonyl (C=O) groups is 2. The van der Waals surface area contributed by atoms with Crippen LogP contribution in [0.15, 0.2) is 36.5 Å². The van der Waals surface area contributed by atoms with E-state index in [1.807, 2.05) is 35.2 Å². The highest BCUT2D eigenvalue weighted by atomic mass is 16.5. The van der Waals surface area contributed by atoms with Gasteiger partial charge in [-0.15, -0.1) is 0 Å². The van der Waals surface area contributed by atoms with E-state index in [1.54, 1.807) is 6.20 Å². The van der Waals surface area contributed by atoms with E-state index in [0.29, 0.717) is 32.0 Å². The number of rotatable bonds is 1. The zero-order valence-electron chi connectivity index (χ0n) is 14.7. The van der Waals surface area contributed by atoms with Crippen LogP contribution in [-0.4, -0.2) is 54.0 Å². The summed E-state index contributed by atoms with van der Waals surface area (Å²) in [4.78, 5) is 32.1. The third-order valence-electron chi connectivity index (χ3n) is 5.38. The molecule has 1 aliphatic carbocycles. The first-order chi connectivity index (χ1) is 12.8. The molecule has 6 nitrogen and oxygen atoms in total. The lowest BCUT2D eigenvalue weighted by atomic mass is 9.99. The average molecular weight is 353 g/mol. The minimum atomic E-state index is -0.146. The highest BCUT2D eigenvalue weighted by molar-refractivity contribution is 6.05. The van der Waals surface area contributed by atoms with Crippen molar-refractivity contribution in [3.63, 3.8) is 0 Å². The molecule has 1 saturated carbocycles. The average Bonchev–Trinajstić information content (AvgIpc) is 3.16. The van der Waals surface area contributed by atoms with E-state index in [4.69, 9.17) is 4.74 Å². The Bertz CT molecular complexity index is 818. The summed E-state index contributed by atoms with van der Waals surface area (Å²) in [7, 11) is 0. The van der Waals surface area contributed by atoms with Crippen LogP contribution >= 0.6 is 0 Å². The van der Waals surface area contributed by atoms with E-state index in [0.717, 1.165) is 30.0 Å². The van der Waals surface area contributed by atoms with Crippen LogP contribution in [0.1, 0.15) is 29.8 Å². The van der Waals surface area contributed by atoms with Gasteiger partial charge in [0, 0.05) is 30.7 Å². The molecule has 2 heterocycles. The van der Waals surface area contributed by atoms with Gasteiger partial charge in [-0.2, -0.15) is 0 Å². The third kappa shape index (κ3) is 3.17. The Morgan fingerprint density at radius 2 is 2.08 bits per heavy atom. The van der Waals surface area contributed by atoms with Crippen LogP contribution in [0.25, 0.3) is 10.8 Å². The largest absolute Gasteiger partial charge is 0.378 e. The first-order valence-corrected chi connectivity index (χ1v) is 9.26. The number of nitrogens with zero attached hydrogens (tertiary/aromatic N) is 2. The fraction of sp³-hybridized carbons (Fsp3) is 0.450. The Balaban J connectivity index is 1.70. The van der Waals surface area contributed by atoms with E-state index >= 15 is 0 Å². The summed E-state index contributed by atoms with van der Waals surface area (Å²) in [6.07, 6.45) is 4.29. The Labute approximate surface area is 152 Å². The van der Waals surface area contributed by atoms with Crippen LogP contribution in [-0.2, 0) is 9.53 Å². The van der Waals surface area contributed by atoms with Crippen molar-refractivity contribution in [1.29, 1.82) is 0 Å². The van der Waals surface area contributed by atoms with Crippen LogP contribution in [0.4, 0.5) is 0 Å². The molecule has 1 aromatic carbocycles. The number of benzene rings is 1. The standard InChI is InChI=1S/C20H23N3O3/c24-19-16-6-3-7-17(16)23(11-13-26-12-10-22-19)20(25)18-15-5-2-1-4-14(15)8-9-21-18/h1-2,4-5,8-9,16-17H,3,6-7,10-13H2,(H,22,24)/t16-,17+/m1/s1. The molecule has 2 amide bonds. The summed E-state index contributed by atoms with van der Waals surface area (Å²) in [6.45, 7) is 1.95. The maximum atomic E-state index is 13.4. The number of amides is 2. The number of nitrogens with one attached hydrogen (secondary N) is 1. The molecule has 26 heavy (non-hydrogen) atoms. The van der Waals surface area contributed by atoms with E-state index < -0.39 is 0 Å². The van der Waals surface area contributed by atoms with Crippen LogP contribution in [0.2, 0.25) is 0 Å². The van der Waals surface area contributed by atoms with Crippen LogP contribution in [0.5, 0.6) is 0 Å². The minimum Gasteiger partial charge on any atom is -0.378 e. The van der Waals surface area contributed by atoms with Gasteiger partial charge in [0.05, 0.1) is 19.1 Å². The van der Waals surface area contributed by atoms with Gasteiger partial charge in [-0.05, 0) is 24.3 Å². The summed E-state index contributed by atoms with van der Waals surface area (Å²) >= 11 is 0. The maximum absolute atomic E-state index is 13.4. The molecule has 1 aliphatic heterocycles. The quantitative estimate of drug-likeness (QED) is 0.851. The number of ether oxygens (including phenoxy) is 1. The lowest BCUT2D eigenvalue weighted by Gasteiger charge is -2.33. The molecule has 1 aromatic heterocycles. The van der Waals surface area contributed by atoms with Crippen molar-refractivity contribution >= 4 is 22.6 Å². The summed E-state index contributed by atoms with van der Waals surface area (Å²) in [6, 6.07) is 9.58. The van der Waals surface area contributed by atoms with Gasteiger partial charge < -0.3 is 15.0 Å². The second-order valence-corrected chi connectivity index (χ2v) is 6.89. The van der Waals surface area contributed by atoms with E-state index in [-0.39, 0.29) is 23.8 Å². The highest BCUT2D eigenvalue weighted by Gasteiger charge is 2.39. The molecule has 2 atom stereocenters. The second kappa shape index (κ2) is 7.41. The number of pyridine rings is 1. The molecular formula is C20H23N3O3. The number of aromatic nitrogens is 1. The summed E-state index contributed by atoms with van der Waals surface area (Å²) in [5.41, 5.74) is 0.450. The van der Waals surface area contributed by atoms with Gasteiger partial charge in [-0.25, -0.2) is 0 Å². The van der Waals surface area contributed by atoms with Crippen molar-refractivity contribution in [2.45, 2.75) is 25.3 Å². The number of carbonyl (C=O) groups excluding carboxylic acids is 2. The maximum Gasteiger partial charge on any atom is 0.273 e. The molecule has 0 bridgehead atoms. The van der Waals surface area contributed by atoms with Gasteiger partial charge in [-0.3, -0.25) is 14.6 Å². The SMILES string of the molecule is O=C1NCCOCCN(C(=O)c2nccc3ccccc23)[C@H]2CCC[C@@H]12. The predicted octanol–water partition coefficient (Wildman–Crippen LogP) is 1.99. The summed E-state index contributed by atoms with van der Waals surface area (Å²) in [5.74, 6) is -0.232. The smallest absolute Gasteiger partial charge is 0.273 e. The first-order valence-electron chi connectivity index (χ1n) is 9.26. The lowest BCUT2D eigenvalue weighted by molar-refractivity contribution is -0.127. The third-order valence-corrected chi connectivity index (χ3v) is 5.38. The van der Waals surface area contributed by atoms with Crippen LogP contribution < -0.4 is 5.32 Å². The molecule has 0 radical (unpaired) electrons. The molecule has 136 valence electrons. The molecule has 2 aliphatic rings. The number of hydrogen-bond acceptors (Lipinski definition) is 4. The number of hydrogen-bond donors (Lipinski definition) is 1. The van der Waals surface area contributed by atoms with Crippen molar-refractivity contribution in [1.82, 2.24) is 15.2 Å². The Kier molecular flexibility index (Phi) is 4.84.